The quantitative estimate of drug-likeness (QED) is 0.372. The van der Waals surface area contributed by atoms with Crippen molar-refractivity contribution < 1.29 is 32.7 Å². The fraction of sp³-hybridized carbons (Fsp3) is 0.222. The number of carbonyl (C=O) groups excluding carboxylic acids is 1. The van der Waals surface area contributed by atoms with Crippen LogP contribution >= 0.6 is 0 Å². The van der Waals surface area contributed by atoms with Gasteiger partial charge in [-0.05, 0) is 19.1 Å². The molecule has 0 aliphatic rings. The van der Waals surface area contributed by atoms with Gasteiger partial charge in [0, 0.05) is 6.07 Å². The molecule has 11 heteroatoms. The van der Waals surface area contributed by atoms with Crippen molar-refractivity contribution in [2.75, 3.05) is 25.3 Å². The van der Waals surface area contributed by atoms with Gasteiger partial charge in [-0.2, -0.15) is 13.4 Å². The number of hydroxylamine groups is 1. The van der Waals surface area contributed by atoms with Gasteiger partial charge in [-0.15, -0.1) is 10.4 Å². The van der Waals surface area contributed by atoms with Gasteiger partial charge in [-0.1, -0.05) is 24.1 Å². The summed E-state index contributed by atoms with van der Waals surface area (Å²) in [5.74, 6) is 3.80. The molecule has 0 radical (unpaired) electrons. The molecule has 2 rings (SSSR count). The highest BCUT2D eigenvalue weighted by Gasteiger charge is 2.34. The summed E-state index contributed by atoms with van der Waals surface area (Å²) in [7, 11) is -1.80. The molecule has 0 bridgehead atoms. The Labute approximate surface area is 168 Å². The number of methoxy groups -OCH3 is 2. The van der Waals surface area contributed by atoms with Crippen molar-refractivity contribution in [1.82, 2.24) is 10.5 Å². The Morgan fingerprint density at radius 1 is 1.24 bits per heavy atom. The average molecular weight is 421 g/mol. The van der Waals surface area contributed by atoms with E-state index in [1.807, 2.05) is 0 Å². The highest BCUT2D eigenvalue weighted by molar-refractivity contribution is 7.92. The SMILES string of the molecule is CC#CCON(c1c(C(=O)NO)cc(OC)nc1OC)S(=O)(=O)c1ccccc1. The van der Waals surface area contributed by atoms with Gasteiger partial charge in [0.1, 0.15) is 6.61 Å². The summed E-state index contributed by atoms with van der Waals surface area (Å²) in [6.45, 7) is 1.25. The first-order valence-corrected chi connectivity index (χ1v) is 9.55. The summed E-state index contributed by atoms with van der Waals surface area (Å²) < 4.78 is 37.2. The largest absolute Gasteiger partial charge is 0.481 e. The lowest BCUT2D eigenvalue weighted by Crippen LogP contribution is -2.34. The molecule has 1 aromatic carbocycles. The van der Waals surface area contributed by atoms with E-state index in [9.17, 15) is 13.2 Å². The molecule has 0 atom stereocenters. The second-order valence-corrected chi connectivity index (χ2v) is 7.01. The van der Waals surface area contributed by atoms with Gasteiger partial charge >= 0.3 is 0 Å². The van der Waals surface area contributed by atoms with Gasteiger partial charge in [0.15, 0.2) is 5.69 Å². The van der Waals surface area contributed by atoms with Crippen molar-refractivity contribution in [3.8, 4) is 23.6 Å². The maximum absolute atomic E-state index is 13.3. The number of benzene rings is 1. The Morgan fingerprint density at radius 3 is 2.48 bits per heavy atom. The van der Waals surface area contributed by atoms with Gasteiger partial charge in [-0.25, -0.2) is 10.3 Å². The summed E-state index contributed by atoms with van der Waals surface area (Å²) in [4.78, 5) is 21.6. The second-order valence-electron chi connectivity index (χ2n) is 5.26. The zero-order valence-corrected chi connectivity index (χ0v) is 16.7. The van der Waals surface area contributed by atoms with Crippen LogP contribution in [0.15, 0.2) is 41.3 Å². The molecule has 1 heterocycles. The van der Waals surface area contributed by atoms with Gasteiger partial charge < -0.3 is 9.47 Å². The first kappa shape index (κ1) is 22.0. The molecule has 29 heavy (non-hydrogen) atoms. The minimum atomic E-state index is -4.33. The van der Waals surface area contributed by atoms with Gasteiger partial charge in [0.2, 0.25) is 11.8 Å². The molecule has 2 aromatic rings. The van der Waals surface area contributed by atoms with Crippen molar-refractivity contribution in [3.05, 3.63) is 42.0 Å². The Hall–Kier alpha value is -3.33. The molecule has 0 saturated heterocycles. The average Bonchev–Trinajstić information content (AvgIpc) is 2.76. The molecule has 10 nitrogen and oxygen atoms in total. The highest BCUT2D eigenvalue weighted by Crippen LogP contribution is 2.37. The third-order valence-electron chi connectivity index (χ3n) is 3.56. The number of sulfonamides is 1. The molecule has 0 aliphatic heterocycles. The predicted octanol–water partition coefficient (Wildman–Crippen LogP) is 1.37. The van der Waals surface area contributed by atoms with Crippen molar-refractivity contribution >= 4 is 21.6 Å². The van der Waals surface area contributed by atoms with Crippen molar-refractivity contribution in [1.29, 1.82) is 0 Å². The summed E-state index contributed by atoms with van der Waals surface area (Å²) in [5, 5.41) is 9.12. The molecule has 0 unspecified atom stereocenters. The molecule has 1 aromatic heterocycles. The summed E-state index contributed by atoms with van der Waals surface area (Å²) >= 11 is 0. The van der Waals surface area contributed by atoms with E-state index in [1.54, 1.807) is 13.0 Å². The monoisotopic (exact) mass is 421 g/mol. The highest BCUT2D eigenvalue weighted by atomic mass is 32.2. The molecule has 0 saturated carbocycles. The van der Waals surface area contributed by atoms with Crippen LogP contribution in [0.1, 0.15) is 17.3 Å². The maximum Gasteiger partial charge on any atom is 0.286 e. The van der Waals surface area contributed by atoms with Crippen molar-refractivity contribution in [2.45, 2.75) is 11.8 Å². The van der Waals surface area contributed by atoms with E-state index in [0.29, 0.717) is 4.47 Å². The lowest BCUT2D eigenvalue weighted by atomic mass is 10.2. The van der Waals surface area contributed by atoms with Crippen molar-refractivity contribution in [2.24, 2.45) is 0 Å². The minimum Gasteiger partial charge on any atom is -0.481 e. The molecule has 0 fully saturated rings. The van der Waals surface area contributed by atoms with E-state index in [-0.39, 0.29) is 34.5 Å². The van der Waals surface area contributed by atoms with Crippen LogP contribution in [-0.2, 0) is 14.9 Å². The number of anilines is 1. The normalized spacial score (nSPS) is 10.5. The molecule has 154 valence electrons. The Kier molecular flexibility index (Phi) is 7.38. The van der Waals surface area contributed by atoms with Crippen LogP contribution in [-0.4, -0.2) is 45.3 Å². The Morgan fingerprint density at radius 2 is 1.93 bits per heavy atom. The predicted molar refractivity (Wildman–Crippen MR) is 102 cm³/mol. The van der Waals surface area contributed by atoms with Crippen LogP contribution in [0.4, 0.5) is 5.69 Å². The molecular formula is C18H19N3O7S. The lowest BCUT2D eigenvalue weighted by Gasteiger charge is -2.25. The Bertz CT molecular complexity index is 1030. The van der Waals surface area contributed by atoms with Crippen LogP contribution in [0.2, 0.25) is 0 Å². The summed E-state index contributed by atoms with van der Waals surface area (Å²) in [6, 6.07) is 8.54. The molecule has 0 spiro atoms. The number of hydrogen-bond acceptors (Lipinski definition) is 8. The topological polar surface area (TPSA) is 127 Å². The number of amides is 1. The number of nitrogens with one attached hydrogen (secondary N) is 1. The van der Waals surface area contributed by atoms with Crippen molar-refractivity contribution in [3.63, 3.8) is 0 Å². The first-order valence-electron chi connectivity index (χ1n) is 8.11. The molecule has 2 N–H and O–H groups in total. The third-order valence-corrected chi connectivity index (χ3v) is 5.15. The summed E-state index contributed by atoms with van der Waals surface area (Å²) in [5.41, 5.74) is 0.776. The van der Waals surface area contributed by atoms with E-state index in [4.69, 9.17) is 19.5 Å². The second kappa shape index (κ2) is 9.74. The number of nitrogens with zero attached hydrogens (tertiary/aromatic N) is 2. The van der Waals surface area contributed by atoms with Crippen LogP contribution in [0.25, 0.3) is 0 Å². The number of rotatable bonds is 8. The molecule has 0 aliphatic carbocycles. The molecule has 1 amide bonds. The maximum atomic E-state index is 13.3. The minimum absolute atomic E-state index is 0.0467. The fourth-order valence-electron chi connectivity index (χ4n) is 2.25. The lowest BCUT2D eigenvalue weighted by molar-refractivity contribution is 0.0704. The van der Waals surface area contributed by atoms with Crippen LogP contribution in [0, 0.1) is 11.8 Å². The Balaban J connectivity index is 2.79. The number of hydrogen-bond donors (Lipinski definition) is 2. The van der Waals surface area contributed by atoms with Gasteiger partial charge in [0.05, 0.1) is 24.7 Å². The van der Waals surface area contributed by atoms with E-state index >= 15 is 0 Å². The van der Waals surface area contributed by atoms with E-state index in [2.05, 4.69) is 16.8 Å². The number of aromatic nitrogens is 1. The van der Waals surface area contributed by atoms with E-state index < -0.39 is 15.9 Å². The standard InChI is InChI=1S/C18H19N3O7S/c1-4-5-11-28-21(29(24,25)13-9-7-6-8-10-13)16-14(17(22)20-23)12-15(26-2)19-18(16)27-3/h6-10,12,23H,11H2,1-3H3,(H,20,22). The molecular weight excluding hydrogens is 402 g/mol. The van der Waals surface area contributed by atoms with E-state index in [0.717, 1.165) is 6.07 Å². The number of pyridine rings is 1. The zero-order chi connectivity index (χ0) is 21.4. The van der Waals surface area contributed by atoms with Gasteiger partial charge in [-0.3, -0.25) is 10.0 Å². The number of ether oxygens (including phenoxy) is 2. The first-order chi connectivity index (χ1) is 13.9. The third kappa shape index (κ3) is 4.75. The fourth-order valence-corrected chi connectivity index (χ4v) is 3.56. The zero-order valence-electron chi connectivity index (χ0n) is 15.9. The van der Waals surface area contributed by atoms with Crippen LogP contribution in [0.5, 0.6) is 11.8 Å². The van der Waals surface area contributed by atoms with Crippen LogP contribution < -0.4 is 19.4 Å². The van der Waals surface area contributed by atoms with E-state index in [1.165, 1.54) is 44.0 Å². The van der Waals surface area contributed by atoms with Crippen LogP contribution in [0.3, 0.4) is 0 Å². The summed E-state index contributed by atoms with van der Waals surface area (Å²) in [6.07, 6.45) is 0. The van der Waals surface area contributed by atoms with Gasteiger partial charge in [0.25, 0.3) is 15.9 Å². The smallest absolute Gasteiger partial charge is 0.286 e. The number of carbonyl (C=O) groups is 1.